The molecule has 23 heavy (non-hydrogen) atoms. The zero-order valence-corrected chi connectivity index (χ0v) is 11.5. The standard InChI is InChI=1S/C13H11F3N2O5/c14-13(15,16)6-23-9-2-1-7(5-8(9)11(20)21)18-4-3-10(19)17-12(18)22/h1-2,5H,3-4,6H2,(H,20,21)(H,17,19,22). The van der Waals surface area contributed by atoms with Crippen LogP contribution in [0.2, 0.25) is 0 Å². The summed E-state index contributed by atoms with van der Waals surface area (Å²) in [6.45, 7) is -1.60. The lowest BCUT2D eigenvalue weighted by Crippen LogP contribution is -2.49. The van der Waals surface area contributed by atoms with Crippen molar-refractivity contribution in [3.63, 3.8) is 0 Å². The van der Waals surface area contributed by atoms with Crippen LogP contribution in [0.25, 0.3) is 0 Å². The third-order valence-electron chi connectivity index (χ3n) is 2.95. The summed E-state index contributed by atoms with van der Waals surface area (Å²) >= 11 is 0. The number of rotatable bonds is 4. The van der Waals surface area contributed by atoms with E-state index >= 15 is 0 Å². The number of carbonyl (C=O) groups is 3. The summed E-state index contributed by atoms with van der Waals surface area (Å²) in [5.41, 5.74) is -0.386. The van der Waals surface area contributed by atoms with E-state index < -0.39 is 42.0 Å². The molecule has 0 atom stereocenters. The number of imide groups is 1. The number of nitrogens with zero attached hydrogens (tertiary/aromatic N) is 1. The Balaban J connectivity index is 2.27. The highest BCUT2D eigenvalue weighted by Crippen LogP contribution is 2.28. The van der Waals surface area contributed by atoms with Gasteiger partial charge in [0.25, 0.3) is 0 Å². The Labute approximate surface area is 127 Å². The van der Waals surface area contributed by atoms with E-state index in [4.69, 9.17) is 5.11 Å². The number of carboxylic acids is 1. The second-order valence-electron chi connectivity index (χ2n) is 4.64. The van der Waals surface area contributed by atoms with Crippen molar-refractivity contribution < 1.29 is 37.4 Å². The van der Waals surface area contributed by atoms with Crippen LogP contribution in [-0.4, -0.2) is 42.3 Å². The Bertz CT molecular complexity index is 660. The van der Waals surface area contributed by atoms with Gasteiger partial charge in [-0.3, -0.25) is 15.0 Å². The average Bonchev–Trinajstić information content (AvgIpc) is 2.44. The number of nitrogens with one attached hydrogen (secondary N) is 1. The highest BCUT2D eigenvalue weighted by atomic mass is 19.4. The molecule has 7 nitrogen and oxygen atoms in total. The van der Waals surface area contributed by atoms with Crippen molar-refractivity contribution in [2.45, 2.75) is 12.6 Å². The molecule has 2 rings (SSSR count). The largest absolute Gasteiger partial charge is 0.483 e. The maximum atomic E-state index is 12.2. The van der Waals surface area contributed by atoms with E-state index in [2.05, 4.69) is 10.1 Å². The summed E-state index contributed by atoms with van der Waals surface area (Å²) in [5.74, 6) is -2.43. The first-order valence-corrected chi connectivity index (χ1v) is 6.35. The summed E-state index contributed by atoms with van der Waals surface area (Å²) in [5, 5.41) is 11.1. The van der Waals surface area contributed by atoms with Crippen LogP contribution in [0, 0.1) is 0 Å². The number of carboxylic acid groups (broad SMARTS) is 1. The van der Waals surface area contributed by atoms with Crippen LogP contribution in [-0.2, 0) is 4.79 Å². The van der Waals surface area contributed by atoms with Crippen molar-refractivity contribution in [2.75, 3.05) is 18.1 Å². The lowest BCUT2D eigenvalue weighted by molar-refractivity contribution is -0.153. The molecule has 1 saturated heterocycles. The fourth-order valence-corrected chi connectivity index (χ4v) is 1.95. The van der Waals surface area contributed by atoms with Crippen LogP contribution < -0.4 is 15.0 Å². The molecule has 0 spiro atoms. The van der Waals surface area contributed by atoms with Crippen molar-refractivity contribution >= 4 is 23.6 Å². The second-order valence-corrected chi connectivity index (χ2v) is 4.64. The average molecular weight is 332 g/mol. The smallest absolute Gasteiger partial charge is 0.422 e. The van der Waals surface area contributed by atoms with Gasteiger partial charge in [0, 0.05) is 18.7 Å². The predicted molar refractivity (Wildman–Crippen MR) is 70.5 cm³/mol. The monoisotopic (exact) mass is 332 g/mol. The van der Waals surface area contributed by atoms with Gasteiger partial charge in [0.2, 0.25) is 5.91 Å². The number of carbonyl (C=O) groups excluding carboxylic acids is 2. The highest BCUT2D eigenvalue weighted by Gasteiger charge is 2.30. The first-order chi connectivity index (χ1) is 10.7. The minimum atomic E-state index is -4.61. The maximum absolute atomic E-state index is 12.2. The summed E-state index contributed by atoms with van der Waals surface area (Å²) in [7, 11) is 0. The van der Waals surface area contributed by atoms with Gasteiger partial charge in [-0.25, -0.2) is 9.59 Å². The third-order valence-corrected chi connectivity index (χ3v) is 2.95. The molecular formula is C13H11F3N2O5. The van der Waals surface area contributed by atoms with Crippen molar-refractivity contribution in [1.29, 1.82) is 0 Å². The van der Waals surface area contributed by atoms with E-state index in [1.165, 1.54) is 6.07 Å². The molecule has 1 aliphatic rings. The number of amides is 3. The van der Waals surface area contributed by atoms with Gasteiger partial charge in [0.05, 0.1) is 0 Å². The number of urea groups is 1. The topological polar surface area (TPSA) is 95.9 Å². The molecule has 3 amide bonds. The van der Waals surface area contributed by atoms with Gasteiger partial charge in [-0.05, 0) is 18.2 Å². The van der Waals surface area contributed by atoms with E-state index in [0.717, 1.165) is 17.0 Å². The Morgan fingerprint density at radius 1 is 1.35 bits per heavy atom. The normalized spacial score (nSPS) is 15.3. The van der Waals surface area contributed by atoms with Crippen molar-refractivity contribution in [1.82, 2.24) is 5.32 Å². The lowest BCUT2D eigenvalue weighted by Gasteiger charge is -2.27. The van der Waals surface area contributed by atoms with Gasteiger partial charge in [0.1, 0.15) is 11.3 Å². The number of ether oxygens (including phenoxy) is 1. The fourth-order valence-electron chi connectivity index (χ4n) is 1.95. The maximum Gasteiger partial charge on any atom is 0.422 e. The molecule has 1 fully saturated rings. The van der Waals surface area contributed by atoms with Gasteiger partial charge < -0.3 is 9.84 Å². The SMILES string of the molecule is O=C1CCN(c2ccc(OCC(F)(F)F)c(C(=O)O)c2)C(=O)N1. The number of alkyl halides is 3. The molecule has 0 aliphatic carbocycles. The van der Waals surface area contributed by atoms with Crippen molar-refractivity contribution in [3.8, 4) is 5.75 Å². The van der Waals surface area contributed by atoms with Gasteiger partial charge in [-0.2, -0.15) is 13.2 Å². The molecule has 1 heterocycles. The van der Waals surface area contributed by atoms with E-state index in [1.807, 2.05) is 0 Å². The van der Waals surface area contributed by atoms with Crippen LogP contribution in [0.5, 0.6) is 5.75 Å². The Morgan fingerprint density at radius 3 is 2.61 bits per heavy atom. The lowest BCUT2D eigenvalue weighted by atomic mass is 10.1. The number of anilines is 1. The molecule has 1 aliphatic heterocycles. The molecule has 0 saturated carbocycles. The minimum Gasteiger partial charge on any atom is -0.483 e. The van der Waals surface area contributed by atoms with E-state index in [1.54, 1.807) is 0 Å². The summed E-state index contributed by atoms with van der Waals surface area (Å²) in [4.78, 5) is 35.1. The molecule has 0 aromatic heterocycles. The zero-order chi connectivity index (χ0) is 17.2. The minimum absolute atomic E-state index is 0.0282. The molecule has 0 bridgehead atoms. The van der Waals surface area contributed by atoms with Gasteiger partial charge in [-0.1, -0.05) is 0 Å². The van der Waals surface area contributed by atoms with Crippen LogP contribution >= 0.6 is 0 Å². The first kappa shape index (κ1) is 16.6. The molecular weight excluding hydrogens is 321 g/mol. The van der Waals surface area contributed by atoms with E-state index in [9.17, 15) is 27.6 Å². The molecule has 10 heteroatoms. The highest BCUT2D eigenvalue weighted by molar-refractivity contribution is 6.06. The number of aromatic carboxylic acids is 1. The van der Waals surface area contributed by atoms with Crippen molar-refractivity contribution in [2.24, 2.45) is 0 Å². The number of halogens is 3. The Morgan fingerprint density at radius 2 is 2.04 bits per heavy atom. The fraction of sp³-hybridized carbons (Fsp3) is 0.308. The van der Waals surface area contributed by atoms with Crippen LogP contribution in [0.4, 0.5) is 23.7 Å². The summed E-state index contributed by atoms with van der Waals surface area (Å²) in [6.07, 6.45) is -4.58. The van der Waals surface area contributed by atoms with E-state index in [-0.39, 0.29) is 18.7 Å². The van der Waals surface area contributed by atoms with Crippen LogP contribution in [0.3, 0.4) is 0 Å². The van der Waals surface area contributed by atoms with Gasteiger partial charge in [-0.15, -0.1) is 0 Å². The summed E-state index contributed by atoms with van der Waals surface area (Å²) < 4.78 is 41.0. The quantitative estimate of drug-likeness (QED) is 0.876. The van der Waals surface area contributed by atoms with Crippen LogP contribution in [0.15, 0.2) is 18.2 Å². The predicted octanol–water partition coefficient (Wildman–Crippen LogP) is 1.77. The first-order valence-electron chi connectivity index (χ1n) is 6.35. The Hall–Kier alpha value is -2.78. The van der Waals surface area contributed by atoms with E-state index in [0.29, 0.717) is 0 Å². The second kappa shape index (κ2) is 6.15. The molecule has 0 unspecified atom stereocenters. The molecule has 0 radical (unpaired) electrons. The number of hydrogen-bond donors (Lipinski definition) is 2. The molecule has 1 aromatic carbocycles. The van der Waals surface area contributed by atoms with Gasteiger partial charge in [0.15, 0.2) is 6.61 Å². The van der Waals surface area contributed by atoms with Gasteiger partial charge >= 0.3 is 18.2 Å². The molecule has 1 aromatic rings. The number of benzene rings is 1. The molecule has 2 N–H and O–H groups in total. The zero-order valence-electron chi connectivity index (χ0n) is 11.5. The third kappa shape index (κ3) is 4.11. The van der Waals surface area contributed by atoms with Crippen molar-refractivity contribution in [3.05, 3.63) is 23.8 Å². The van der Waals surface area contributed by atoms with Crippen LogP contribution in [0.1, 0.15) is 16.8 Å². The molecule has 124 valence electrons. The number of hydrogen-bond acceptors (Lipinski definition) is 4. The Kier molecular flexibility index (Phi) is 4.43. The summed E-state index contributed by atoms with van der Waals surface area (Å²) in [6, 6.07) is 2.56.